The number of carbonyl (C=O) groups is 3. The van der Waals surface area contributed by atoms with Gasteiger partial charge in [0.25, 0.3) is 0 Å². The summed E-state index contributed by atoms with van der Waals surface area (Å²) in [5, 5.41) is 14.5. The van der Waals surface area contributed by atoms with Gasteiger partial charge in [-0.2, -0.15) is 0 Å². The number of aromatic nitrogens is 1. The van der Waals surface area contributed by atoms with Crippen molar-refractivity contribution in [3.63, 3.8) is 0 Å². The lowest BCUT2D eigenvalue weighted by Crippen LogP contribution is -2.42. The molecule has 1 aromatic rings. The maximum absolute atomic E-state index is 11.5. The fourth-order valence-electron chi connectivity index (χ4n) is 1.51. The van der Waals surface area contributed by atoms with Crippen molar-refractivity contribution in [1.82, 2.24) is 15.6 Å². The lowest BCUT2D eigenvalue weighted by Gasteiger charge is -2.12. The Morgan fingerprint density at radius 2 is 2.10 bits per heavy atom. The molecule has 0 aliphatic rings. The predicted octanol–water partition coefficient (Wildman–Crippen LogP) is 0.213. The SMILES string of the molecule is Cc1nc(CNC(=O)NC(C)CC(N)=O)sc1C(=O)O. The molecule has 0 spiro atoms. The number of carboxylic acids is 1. The first-order chi connectivity index (χ1) is 9.29. The number of carbonyl (C=O) groups excluding carboxylic acids is 2. The van der Waals surface area contributed by atoms with Crippen LogP contribution in [0.5, 0.6) is 0 Å². The van der Waals surface area contributed by atoms with E-state index in [9.17, 15) is 14.4 Å². The number of primary amides is 1. The predicted molar refractivity (Wildman–Crippen MR) is 72.5 cm³/mol. The smallest absolute Gasteiger partial charge is 0.347 e. The molecule has 0 aliphatic heterocycles. The van der Waals surface area contributed by atoms with Crippen LogP contribution in [0.25, 0.3) is 0 Å². The van der Waals surface area contributed by atoms with Crippen LogP contribution in [-0.4, -0.2) is 34.0 Å². The van der Waals surface area contributed by atoms with E-state index in [0.29, 0.717) is 10.7 Å². The Morgan fingerprint density at radius 1 is 1.45 bits per heavy atom. The van der Waals surface area contributed by atoms with E-state index in [-0.39, 0.29) is 23.9 Å². The number of nitrogens with two attached hydrogens (primary N) is 1. The van der Waals surface area contributed by atoms with E-state index >= 15 is 0 Å². The minimum Gasteiger partial charge on any atom is -0.477 e. The Kier molecular flexibility index (Phi) is 5.44. The van der Waals surface area contributed by atoms with Gasteiger partial charge in [-0.25, -0.2) is 14.6 Å². The minimum absolute atomic E-state index is 0.0486. The van der Waals surface area contributed by atoms with Crippen molar-refractivity contribution in [2.45, 2.75) is 32.9 Å². The maximum Gasteiger partial charge on any atom is 0.347 e. The molecule has 0 saturated heterocycles. The van der Waals surface area contributed by atoms with Crippen LogP contribution in [0, 0.1) is 6.92 Å². The van der Waals surface area contributed by atoms with Crippen LogP contribution >= 0.6 is 11.3 Å². The molecule has 0 radical (unpaired) electrons. The van der Waals surface area contributed by atoms with Crippen LogP contribution in [0.15, 0.2) is 0 Å². The van der Waals surface area contributed by atoms with Crippen LogP contribution < -0.4 is 16.4 Å². The van der Waals surface area contributed by atoms with Gasteiger partial charge in [-0.3, -0.25) is 4.79 Å². The average molecular weight is 300 g/mol. The molecule has 1 unspecified atom stereocenters. The lowest BCUT2D eigenvalue weighted by atomic mass is 10.2. The summed E-state index contributed by atoms with van der Waals surface area (Å²) in [6.45, 7) is 3.37. The van der Waals surface area contributed by atoms with Crippen molar-refractivity contribution in [2.75, 3.05) is 0 Å². The number of hydrogen-bond acceptors (Lipinski definition) is 5. The van der Waals surface area contributed by atoms with Crippen LogP contribution in [-0.2, 0) is 11.3 Å². The topological polar surface area (TPSA) is 134 Å². The second kappa shape index (κ2) is 6.85. The summed E-state index contributed by atoms with van der Waals surface area (Å²) < 4.78 is 0. The van der Waals surface area contributed by atoms with Gasteiger partial charge in [-0.15, -0.1) is 11.3 Å². The van der Waals surface area contributed by atoms with Crippen molar-refractivity contribution in [1.29, 1.82) is 0 Å². The average Bonchev–Trinajstić information content (AvgIpc) is 2.66. The molecule has 1 atom stereocenters. The number of nitrogens with one attached hydrogen (secondary N) is 2. The van der Waals surface area contributed by atoms with E-state index in [4.69, 9.17) is 10.8 Å². The van der Waals surface area contributed by atoms with Gasteiger partial charge < -0.3 is 21.5 Å². The Balaban J connectivity index is 2.47. The lowest BCUT2D eigenvalue weighted by molar-refractivity contribution is -0.118. The summed E-state index contributed by atoms with van der Waals surface area (Å²) in [5.74, 6) is -1.54. The van der Waals surface area contributed by atoms with Crippen molar-refractivity contribution < 1.29 is 19.5 Å². The van der Waals surface area contributed by atoms with E-state index < -0.39 is 17.9 Å². The minimum atomic E-state index is -1.04. The summed E-state index contributed by atoms with van der Waals surface area (Å²) in [7, 11) is 0. The molecule has 1 rings (SSSR count). The molecule has 0 fully saturated rings. The number of thiazole rings is 1. The molecule has 0 aromatic carbocycles. The van der Waals surface area contributed by atoms with E-state index in [1.807, 2.05) is 0 Å². The van der Waals surface area contributed by atoms with Gasteiger partial charge in [-0.05, 0) is 13.8 Å². The van der Waals surface area contributed by atoms with Crippen LogP contribution in [0.3, 0.4) is 0 Å². The number of aryl methyl sites for hydroxylation is 1. The number of hydrogen-bond donors (Lipinski definition) is 4. The third-order valence-electron chi connectivity index (χ3n) is 2.32. The molecule has 8 nitrogen and oxygen atoms in total. The standard InChI is InChI=1S/C11H16N4O4S/c1-5(3-7(12)16)14-11(19)13-4-8-15-6(2)9(20-8)10(17)18/h5H,3-4H2,1-2H3,(H2,12,16)(H,17,18)(H2,13,14,19). The highest BCUT2D eigenvalue weighted by atomic mass is 32.1. The number of urea groups is 1. The third kappa shape index (κ3) is 4.84. The zero-order valence-corrected chi connectivity index (χ0v) is 11.9. The summed E-state index contributed by atoms with van der Waals surface area (Å²) in [5.41, 5.74) is 5.43. The summed E-state index contributed by atoms with van der Waals surface area (Å²) in [4.78, 5) is 37.2. The summed E-state index contributed by atoms with van der Waals surface area (Å²) >= 11 is 1.01. The normalized spacial score (nSPS) is 11.7. The van der Waals surface area contributed by atoms with Gasteiger partial charge in [0, 0.05) is 12.5 Å². The fraction of sp³-hybridized carbons (Fsp3) is 0.455. The highest BCUT2D eigenvalue weighted by Crippen LogP contribution is 2.17. The first-order valence-electron chi connectivity index (χ1n) is 5.82. The van der Waals surface area contributed by atoms with Gasteiger partial charge in [0.05, 0.1) is 12.2 Å². The monoisotopic (exact) mass is 300 g/mol. The van der Waals surface area contributed by atoms with Gasteiger partial charge in [-0.1, -0.05) is 0 Å². The molecule has 20 heavy (non-hydrogen) atoms. The first-order valence-corrected chi connectivity index (χ1v) is 6.63. The largest absolute Gasteiger partial charge is 0.477 e. The van der Waals surface area contributed by atoms with Crippen molar-refractivity contribution in [3.8, 4) is 0 Å². The fourth-order valence-corrected chi connectivity index (χ4v) is 2.35. The molecule has 0 bridgehead atoms. The van der Waals surface area contributed by atoms with Gasteiger partial charge in [0.15, 0.2) is 0 Å². The first kappa shape index (κ1) is 15.9. The number of carboxylic acid groups (broad SMARTS) is 1. The van der Waals surface area contributed by atoms with E-state index in [1.165, 1.54) is 0 Å². The van der Waals surface area contributed by atoms with Crippen molar-refractivity contribution in [2.24, 2.45) is 5.73 Å². The molecule has 1 heterocycles. The molecule has 0 saturated carbocycles. The van der Waals surface area contributed by atoms with Gasteiger partial charge in [0.2, 0.25) is 5.91 Å². The number of amides is 3. The van der Waals surface area contributed by atoms with E-state index in [1.54, 1.807) is 13.8 Å². The second-order valence-corrected chi connectivity index (χ2v) is 5.31. The number of rotatable bonds is 6. The van der Waals surface area contributed by atoms with Crippen LogP contribution in [0.2, 0.25) is 0 Å². The number of nitrogens with zero attached hydrogens (tertiary/aromatic N) is 1. The molecule has 9 heteroatoms. The van der Waals surface area contributed by atoms with E-state index in [0.717, 1.165) is 11.3 Å². The zero-order chi connectivity index (χ0) is 15.3. The Labute approximate surface area is 119 Å². The molecular formula is C11H16N4O4S. The van der Waals surface area contributed by atoms with Crippen molar-refractivity contribution in [3.05, 3.63) is 15.6 Å². The highest BCUT2D eigenvalue weighted by molar-refractivity contribution is 7.13. The summed E-state index contributed by atoms with van der Waals surface area (Å²) in [6.07, 6.45) is 0.0486. The second-order valence-electron chi connectivity index (χ2n) is 4.23. The quantitative estimate of drug-likeness (QED) is 0.596. The van der Waals surface area contributed by atoms with Crippen molar-refractivity contribution >= 4 is 29.2 Å². The van der Waals surface area contributed by atoms with Crippen LogP contribution in [0.1, 0.15) is 33.7 Å². The molecule has 1 aromatic heterocycles. The zero-order valence-electron chi connectivity index (χ0n) is 11.1. The Hall–Kier alpha value is -2.16. The van der Waals surface area contributed by atoms with Gasteiger partial charge >= 0.3 is 12.0 Å². The molecule has 3 amide bonds. The molecule has 5 N–H and O–H groups in total. The molecule has 0 aliphatic carbocycles. The molecular weight excluding hydrogens is 284 g/mol. The number of aromatic carboxylic acids is 1. The summed E-state index contributed by atoms with van der Waals surface area (Å²) in [6, 6.07) is -0.844. The van der Waals surface area contributed by atoms with E-state index in [2.05, 4.69) is 15.6 Å². The van der Waals surface area contributed by atoms with Gasteiger partial charge in [0.1, 0.15) is 9.88 Å². The molecule has 110 valence electrons. The van der Waals surface area contributed by atoms with Crippen LogP contribution in [0.4, 0.5) is 4.79 Å². The Bertz CT molecular complexity index is 528. The highest BCUT2D eigenvalue weighted by Gasteiger charge is 2.15. The third-order valence-corrected chi connectivity index (χ3v) is 3.47. The maximum atomic E-state index is 11.5. The Morgan fingerprint density at radius 3 is 2.60 bits per heavy atom.